The van der Waals surface area contributed by atoms with Crippen LogP contribution in [-0.2, 0) is 6.54 Å². The highest BCUT2D eigenvalue weighted by Crippen LogP contribution is 2.28. The SMILES string of the molecule is CCOc1cc(CNc2cc(F)ccc2Br)ccc1O. The third-order valence-corrected chi connectivity index (χ3v) is 3.43. The summed E-state index contributed by atoms with van der Waals surface area (Å²) in [6.45, 7) is 2.84. The number of nitrogens with one attached hydrogen (secondary N) is 1. The average molecular weight is 340 g/mol. The minimum atomic E-state index is -0.295. The van der Waals surface area contributed by atoms with Crippen molar-refractivity contribution in [2.24, 2.45) is 0 Å². The Morgan fingerprint density at radius 2 is 2.05 bits per heavy atom. The zero-order valence-corrected chi connectivity index (χ0v) is 12.6. The fourth-order valence-electron chi connectivity index (χ4n) is 1.77. The van der Waals surface area contributed by atoms with Crippen LogP contribution in [0.3, 0.4) is 0 Å². The van der Waals surface area contributed by atoms with E-state index in [0.717, 1.165) is 10.0 Å². The molecule has 106 valence electrons. The molecule has 0 unspecified atom stereocenters. The molecular formula is C15H15BrFNO2. The van der Waals surface area contributed by atoms with Gasteiger partial charge in [0.25, 0.3) is 0 Å². The summed E-state index contributed by atoms with van der Waals surface area (Å²) < 4.78 is 19.3. The first-order chi connectivity index (χ1) is 9.60. The molecule has 0 bridgehead atoms. The van der Waals surface area contributed by atoms with Gasteiger partial charge in [-0.15, -0.1) is 0 Å². The molecular weight excluding hydrogens is 325 g/mol. The first-order valence-corrected chi connectivity index (χ1v) is 7.03. The van der Waals surface area contributed by atoms with Crippen molar-refractivity contribution in [1.82, 2.24) is 0 Å². The predicted octanol–water partition coefficient (Wildman–Crippen LogP) is 4.30. The van der Waals surface area contributed by atoms with Crippen LogP contribution in [0.4, 0.5) is 10.1 Å². The van der Waals surface area contributed by atoms with Gasteiger partial charge < -0.3 is 15.2 Å². The Morgan fingerprint density at radius 3 is 2.80 bits per heavy atom. The van der Waals surface area contributed by atoms with E-state index in [9.17, 15) is 9.50 Å². The van der Waals surface area contributed by atoms with Gasteiger partial charge in [-0.3, -0.25) is 0 Å². The van der Waals surface area contributed by atoms with E-state index in [-0.39, 0.29) is 11.6 Å². The van der Waals surface area contributed by atoms with Gasteiger partial charge in [0, 0.05) is 11.0 Å². The maximum atomic E-state index is 13.2. The molecule has 2 aromatic carbocycles. The van der Waals surface area contributed by atoms with Crippen LogP contribution in [0.2, 0.25) is 0 Å². The molecule has 0 amide bonds. The van der Waals surface area contributed by atoms with Crippen LogP contribution in [0.5, 0.6) is 11.5 Å². The van der Waals surface area contributed by atoms with E-state index in [2.05, 4.69) is 21.2 Å². The van der Waals surface area contributed by atoms with Crippen LogP contribution < -0.4 is 10.1 Å². The van der Waals surface area contributed by atoms with Gasteiger partial charge in [-0.05, 0) is 58.7 Å². The lowest BCUT2D eigenvalue weighted by Crippen LogP contribution is -2.01. The number of benzene rings is 2. The van der Waals surface area contributed by atoms with Crippen LogP contribution >= 0.6 is 15.9 Å². The largest absolute Gasteiger partial charge is 0.504 e. The van der Waals surface area contributed by atoms with Crippen molar-refractivity contribution in [3.05, 3.63) is 52.3 Å². The highest BCUT2D eigenvalue weighted by molar-refractivity contribution is 9.10. The predicted molar refractivity (Wildman–Crippen MR) is 80.7 cm³/mol. The lowest BCUT2D eigenvalue weighted by atomic mass is 10.2. The molecule has 0 aliphatic carbocycles. The lowest BCUT2D eigenvalue weighted by molar-refractivity contribution is 0.318. The number of aromatic hydroxyl groups is 1. The van der Waals surface area contributed by atoms with Gasteiger partial charge >= 0.3 is 0 Å². The maximum Gasteiger partial charge on any atom is 0.161 e. The molecule has 2 aromatic rings. The summed E-state index contributed by atoms with van der Waals surface area (Å²) in [6.07, 6.45) is 0. The third-order valence-electron chi connectivity index (χ3n) is 2.74. The fourth-order valence-corrected chi connectivity index (χ4v) is 2.16. The van der Waals surface area contributed by atoms with Crippen molar-refractivity contribution in [2.45, 2.75) is 13.5 Å². The topological polar surface area (TPSA) is 41.5 Å². The van der Waals surface area contributed by atoms with E-state index in [1.54, 1.807) is 24.3 Å². The van der Waals surface area contributed by atoms with E-state index in [4.69, 9.17) is 4.74 Å². The van der Waals surface area contributed by atoms with E-state index >= 15 is 0 Å². The Hall–Kier alpha value is -1.75. The normalized spacial score (nSPS) is 10.3. The van der Waals surface area contributed by atoms with Crippen LogP contribution in [0.25, 0.3) is 0 Å². The average Bonchev–Trinajstić information content (AvgIpc) is 2.43. The molecule has 0 atom stereocenters. The summed E-state index contributed by atoms with van der Waals surface area (Å²) in [5.74, 6) is 0.268. The van der Waals surface area contributed by atoms with E-state index in [0.29, 0.717) is 24.6 Å². The summed E-state index contributed by atoms with van der Waals surface area (Å²) in [5.41, 5.74) is 1.61. The van der Waals surface area contributed by atoms with Gasteiger partial charge in [0.2, 0.25) is 0 Å². The number of phenolic OH excluding ortho intramolecular Hbond substituents is 1. The van der Waals surface area contributed by atoms with E-state index in [1.165, 1.54) is 12.1 Å². The molecule has 2 rings (SSSR count). The third kappa shape index (κ3) is 3.63. The minimum absolute atomic E-state index is 0.113. The number of phenols is 1. The molecule has 0 fully saturated rings. The van der Waals surface area contributed by atoms with Crippen molar-refractivity contribution in [2.75, 3.05) is 11.9 Å². The molecule has 5 heteroatoms. The van der Waals surface area contributed by atoms with Crippen molar-refractivity contribution >= 4 is 21.6 Å². The Kier molecular flexibility index (Phi) is 4.84. The molecule has 0 aromatic heterocycles. The molecule has 0 radical (unpaired) electrons. The Morgan fingerprint density at radius 1 is 1.25 bits per heavy atom. The molecule has 0 spiro atoms. The van der Waals surface area contributed by atoms with Gasteiger partial charge in [-0.25, -0.2) is 4.39 Å². The van der Waals surface area contributed by atoms with Crippen molar-refractivity contribution in [3.63, 3.8) is 0 Å². The van der Waals surface area contributed by atoms with Crippen LogP contribution in [0, 0.1) is 5.82 Å². The van der Waals surface area contributed by atoms with Gasteiger partial charge in [-0.2, -0.15) is 0 Å². The Bertz CT molecular complexity index is 604. The van der Waals surface area contributed by atoms with Gasteiger partial charge in [0.15, 0.2) is 11.5 Å². The van der Waals surface area contributed by atoms with Gasteiger partial charge in [0.05, 0.1) is 12.3 Å². The highest BCUT2D eigenvalue weighted by atomic mass is 79.9. The number of hydrogen-bond acceptors (Lipinski definition) is 3. The number of hydrogen-bond donors (Lipinski definition) is 2. The molecule has 0 saturated carbocycles. The Labute approximate surface area is 125 Å². The molecule has 0 heterocycles. The molecule has 20 heavy (non-hydrogen) atoms. The number of ether oxygens (including phenoxy) is 1. The summed E-state index contributed by atoms with van der Waals surface area (Å²) >= 11 is 3.36. The molecule has 2 N–H and O–H groups in total. The summed E-state index contributed by atoms with van der Waals surface area (Å²) in [7, 11) is 0. The van der Waals surface area contributed by atoms with Crippen LogP contribution in [0.15, 0.2) is 40.9 Å². The zero-order valence-electron chi connectivity index (χ0n) is 11.0. The summed E-state index contributed by atoms with van der Waals surface area (Å²) in [5, 5.41) is 12.8. The molecule has 0 aliphatic heterocycles. The summed E-state index contributed by atoms with van der Waals surface area (Å²) in [4.78, 5) is 0. The highest BCUT2D eigenvalue weighted by Gasteiger charge is 2.05. The first-order valence-electron chi connectivity index (χ1n) is 6.23. The van der Waals surface area contributed by atoms with E-state index < -0.39 is 0 Å². The van der Waals surface area contributed by atoms with Crippen molar-refractivity contribution in [1.29, 1.82) is 0 Å². The minimum Gasteiger partial charge on any atom is -0.504 e. The Balaban J connectivity index is 2.10. The van der Waals surface area contributed by atoms with Crippen molar-refractivity contribution < 1.29 is 14.2 Å². The summed E-state index contributed by atoms with van der Waals surface area (Å²) in [6, 6.07) is 9.61. The number of rotatable bonds is 5. The smallest absolute Gasteiger partial charge is 0.161 e. The first kappa shape index (κ1) is 14.7. The lowest BCUT2D eigenvalue weighted by Gasteiger charge is -2.11. The monoisotopic (exact) mass is 339 g/mol. The molecule has 3 nitrogen and oxygen atoms in total. The second kappa shape index (κ2) is 6.61. The zero-order chi connectivity index (χ0) is 14.5. The number of anilines is 1. The second-order valence-electron chi connectivity index (χ2n) is 4.21. The molecule has 0 aliphatic rings. The van der Waals surface area contributed by atoms with Crippen LogP contribution in [-0.4, -0.2) is 11.7 Å². The second-order valence-corrected chi connectivity index (χ2v) is 5.07. The van der Waals surface area contributed by atoms with E-state index in [1.807, 2.05) is 6.92 Å². The van der Waals surface area contributed by atoms with Gasteiger partial charge in [0.1, 0.15) is 5.82 Å². The quantitative estimate of drug-likeness (QED) is 0.853. The maximum absolute atomic E-state index is 13.2. The van der Waals surface area contributed by atoms with Crippen LogP contribution in [0.1, 0.15) is 12.5 Å². The van der Waals surface area contributed by atoms with Crippen molar-refractivity contribution in [3.8, 4) is 11.5 Å². The van der Waals surface area contributed by atoms with Gasteiger partial charge in [-0.1, -0.05) is 6.07 Å². The number of halogens is 2. The fraction of sp³-hybridized carbons (Fsp3) is 0.200. The molecule has 0 saturated heterocycles. The standard InChI is InChI=1S/C15H15BrFNO2/c1-2-20-15-7-10(3-6-14(15)19)9-18-13-8-11(17)4-5-12(13)16/h3-8,18-19H,2,9H2,1H3.